The molecule has 0 radical (unpaired) electrons. The first-order valence-electron chi connectivity index (χ1n) is 8.37. The van der Waals surface area contributed by atoms with E-state index in [0.717, 1.165) is 22.4 Å². The summed E-state index contributed by atoms with van der Waals surface area (Å²) in [6, 6.07) is 13.2. The molecular weight excluding hydrogens is 350 g/mol. The molecule has 0 bridgehead atoms. The lowest BCUT2D eigenvalue weighted by Crippen LogP contribution is -2.22. The van der Waals surface area contributed by atoms with Crippen molar-refractivity contribution in [3.63, 3.8) is 0 Å². The number of nitrogens with zero attached hydrogens (tertiary/aromatic N) is 4. The number of amides is 1. The molecule has 0 aliphatic heterocycles. The molecule has 0 fully saturated rings. The Hall–Kier alpha value is -2.73. The Morgan fingerprint density at radius 1 is 1.23 bits per heavy atom. The minimum Gasteiger partial charge on any atom is -0.324 e. The Bertz CT molecular complexity index is 935. The van der Waals surface area contributed by atoms with Crippen molar-refractivity contribution in [2.24, 2.45) is 0 Å². The molecular formula is C19H20ClN5O. The Labute approximate surface area is 157 Å². The van der Waals surface area contributed by atoms with Gasteiger partial charge in [-0.05, 0) is 41.3 Å². The smallest absolute Gasteiger partial charge is 0.248 e. The number of benzene rings is 2. The van der Waals surface area contributed by atoms with E-state index in [-0.39, 0.29) is 12.5 Å². The lowest BCUT2D eigenvalue weighted by molar-refractivity contribution is -0.117. The molecule has 3 rings (SSSR count). The molecule has 1 aromatic heterocycles. The predicted octanol–water partition coefficient (Wildman–Crippen LogP) is 4.06. The summed E-state index contributed by atoms with van der Waals surface area (Å²) >= 11 is 5.98. The summed E-state index contributed by atoms with van der Waals surface area (Å²) in [4.78, 5) is 13.7. The van der Waals surface area contributed by atoms with Crippen LogP contribution in [0.3, 0.4) is 0 Å². The van der Waals surface area contributed by atoms with Crippen molar-refractivity contribution in [2.45, 2.75) is 33.2 Å². The average molecular weight is 370 g/mol. The number of aryl methyl sites for hydroxylation is 1. The summed E-state index contributed by atoms with van der Waals surface area (Å²) in [6.45, 7) is 6.16. The molecule has 6 nitrogen and oxygen atoms in total. The highest BCUT2D eigenvalue weighted by Crippen LogP contribution is 2.27. The van der Waals surface area contributed by atoms with E-state index in [1.54, 1.807) is 12.1 Å². The van der Waals surface area contributed by atoms with Crippen molar-refractivity contribution in [1.29, 1.82) is 0 Å². The zero-order chi connectivity index (χ0) is 18.7. The van der Waals surface area contributed by atoms with E-state index in [1.165, 1.54) is 4.80 Å². The largest absolute Gasteiger partial charge is 0.324 e. The van der Waals surface area contributed by atoms with Gasteiger partial charge in [-0.3, -0.25) is 4.79 Å². The Balaban J connectivity index is 1.74. The molecule has 0 spiro atoms. The molecule has 0 aliphatic carbocycles. The maximum absolute atomic E-state index is 12.4. The fraction of sp³-hybridized carbons (Fsp3) is 0.263. The highest BCUT2D eigenvalue weighted by Gasteiger charge is 2.14. The van der Waals surface area contributed by atoms with Crippen LogP contribution in [0.2, 0.25) is 5.02 Å². The molecule has 1 N–H and O–H groups in total. The van der Waals surface area contributed by atoms with Gasteiger partial charge in [0.25, 0.3) is 0 Å². The second-order valence-electron chi connectivity index (χ2n) is 6.40. The molecule has 0 aliphatic rings. The number of hydrogen-bond acceptors (Lipinski definition) is 4. The van der Waals surface area contributed by atoms with Crippen molar-refractivity contribution in [3.05, 3.63) is 58.6 Å². The number of hydrogen-bond donors (Lipinski definition) is 1. The topological polar surface area (TPSA) is 72.7 Å². The van der Waals surface area contributed by atoms with E-state index in [2.05, 4.69) is 34.6 Å². The number of halogens is 1. The van der Waals surface area contributed by atoms with Crippen molar-refractivity contribution in [2.75, 3.05) is 5.32 Å². The summed E-state index contributed by atoms with van der Waals surface area (Å²) in [5.41, 5.74) is 3.73. The van der Waals surface area contributed by atoms with Gasteiger partial charge in [-0.15, -0.1) is 10.2 Å². The monoisotopic (exact) mass is 369 g/mol. The van der Waals surface area contributed by atoms with Crippen LogP contribution in [0.1, 0.15) is 30.9 Å². The first-order chi connectivity index (χ1) is 12.4. The van der Waals surface area contributed by atoms with Gasteiger partial charge in [0.1, 0.15) is 6.54 Å². The fourth-order valence-corrected chi connectivity index (χ4v) is 2.89. The third kappa shape index (κ3) is 4.08. The lowest BCUT2D eigenvalue weighted by Gasteiger charge is -2.16. The van der Waals surface area contributed by atoms with Crippen molar-refractivity contribution in [1.82, 2.24) is 20.2 Å². The second-order valence-corrected chi connectivity index (χ2v) is 6.83. The highest BCUT2D eigenvalue weighted by atomic mass is 35.5. The summed E-state index contributed by atoms with van der Waals surface area (Å²) in [5.74, 6) is 0.541. The molecule has 0 unspecified atom stereocenters. The number of tetrazole rings is 1. The van der Waals surface area contributed by atoms with E-state index >= 15 is 0 Å². The van der Waals surface area contributed by atoms with Crippen LogP contribution in [0.5, 0.6) is 0 Å². The van der Waals surface area contributed by atoms with E-state index in [9.17, 15) is 4.79 Å². The fourth-order valence-electron chi connectivity index (χ4n) is 2.70. The standard InChI is InChI=1S/C19H20ClN5O/c1-12(2)16-9-4-6-13(3)18(16)21-17(26)11-25-23-19(22-24-25)14-7-5-8-15(20)10-14/h4-10,12H,11H2,1-3H3,(H,21,26). The maximum atomic E-state index is 12.4. The molecule has 26 heavy (non-hydrogen) atoms. The van der Waals surface area contributed by atoms with Crippen LogP contribution >= 0.6 is 11.6 Å². The maximum Gasteiger partial charge on any atom is 0.248 e. The molecule has 0 saturated heterocycles. The number of rotatable bonds is 5. The van der Waals surface area contributed by atoms with E-state index in [0.29, 0.717) is 16.8 Å². The van der Waals surface area contributed by atoms with Crippen molar-refractivity contribution in [3.8, 4) is 11.4 Å². The Morgan fingerprint density at radius 2 is 2.00 bits per heavy atom. The molecule has 134 valence electrons. The van der Waals surface area contributed by atoms with Gasteiger partial charge in [-0.1, -0.05) is 55.8 Å². The van der Waals surface area contributed by atoms with Crippen LogP contribution < -0.4 is 5.32 Å². The second kappa shape index (κ2) is 7.66. The van der Waals surface area contributed by atoms with Crippen LogP contribution in [0.15, 0.2) is 42.5 Å². The molecule has 3 aromatic rings. The van der Waals surface area contributed by atoms with Gasteiger partial charge >= 0.3 is 0 Å². The number of para-hydroxylation sites is 1. The van der Waals surface area contributed by atoms with Crippen molar-refractivity contribution < 1.29 is 4.79 Å². The molecule has 2 aromatic carbocycles. The highest BCUT2D eigenvalue weighted by molar-refractivity contribution is 6.30. The average Bonchev–Trinajstić information content (AvgIpc) is 3.05. The van der Waals surface area contributed by atoms with E-state index in [1.807, 2.05) is 37.3 Å². The van der Waals surface area contributed by atoms with Gasteiger partial charge in [0, 0.05) is 16.3 Å². The number of aromatic nitrogens is 4. The third-order valence-electron chi connectivity index (χ3n) is 4.01. The minimum absolute atomic E-state index is 0.0144. The quantitative estimate of drug-likeness (QED) is 0.735. The number of anilines is 1. The Kier molecular flexibility index (Phi) is 5.32. The van der Waals surface area contributed by atoms with Crippen LogP contribution in [0.4, 0.5) is 5.69 Å². The predicted molar refractivity (Wildman–Crippen MR) is 102 cm³/mol. The van der Waals surface area contributed by atoms with Gasteiger partial charge in [0.15, 0.2) is 0 Å². The normalized spacial score (nSPS) is 11.0. The van der Waals surface area contributed by atoms with Crippen LogP contribution in [0, 0.1) is 6.92 Å². The zero-order valence-electron chi connectivity index (χ0n) is 14.9. The van der Waals surface area contributed by atoms with E-state index in [4.69, 9.17) is 11.6 Å². The zero-order valence-corrected chi connectivity index (χ0v) is 15.7. The molecule has 0 saturated carbocycles. The van der Waals surface area contributed by atoms with Crippen LogP contribution in [-0.4, -0.2) is 26.1 Å². The summed E-state index contributed by atoms with van der Waals surface area (Å²) in [7, 11) is 0. The number of carbonyl (C=O) groups excluding carboxylic acids is 1. The third-order valence-corrected chi connectivity index (χ3v) is 4.25. The first kappa shape index (κ1) is 18.1. The van der Waals surface area contributed by atoms with Gasteiger partial charge in [-0.2, -0.15) is 4.80 Å². The van der Waals surface area contributed by atoms with Gasteiger partial charge in [-0.25, -0.2) is 0 Å². The first-order valence-corrected chi connectivity index (χ1v) is 8.75. The summed E-state index contributed by atoms with van der Waals surface area (Å²) in [5, 5.41) is 15.8. The van der Waals surface area contributed by atoms with Gasteiger partial charge < -0.3 is 5.32 Å². The number of nitrogens with one attached hydrogen (secondary N) is 1. The van der Waals surface area contributed by atoms with Gasteiger partial charge in [0.05, 0.1) is 0 Å². The molecule has 1 amide bonds. The van der Waals surface area contributed by atoms with E-state index < -0.39 is 0 Å². The lowest BCUT2D eigenvalue weighted by atomic mass is 9.98. The molecule has 0 atom stereocenters. The molecule has 1 heterocycles. The SMILES string of the molecule is Cc1cccc(C(C)C)c1NC(=O)Cn1nnc(-c2cccc(Cl)c2)n1. The van der Waals surface area contributed by atoms with Gasteiger partial charge in [0.2, 0.25) is 11.7 Å². The Morgan fingerprint density at radius 3 is 2.73 bits per heavy atom. The summed E-state index contributed by atoms with van der Waals surface area (Å²) in [6.07, 6.45) is 0. The van der Waals surface area contributed by atoms with Crippen molar-refractivity contribution >= 4 is 23.2 Å². The summed E-state index contributed by atoms with van der Waals surface area (Å²) < 4.78 is 0. The number of carbonyl (C=O) groups is 1. The van der Waals surface area contributed by atoms with Crippen LogP contribution in [0.25, 0.3) is 11.4 Å². The minimum atomic E-state index is -0.198. The van der Waals surface area contributed by atoms with Crippen LogP contribution in [-0.2, 0) is 11.3 Å². The molecule has 7 heteroatoms.